The standard InChI is InChI=1S/C15H21N3O2/c19-15(13-5-7-18(20)8-6-13)17-11-9-16(10-12-17)14-3-1-2-4-14/h5-8,14H,1-4,9-12H2. The van der Waals surface area contributed by atoms with E-state index in [0.29, 0.717) is 10.3 Å². The van der Waals surface area contributed by atoms with Gasteiger partial charge < -0.3 is 10.1 Å². The molecule has 1 saturated heterocycles. The van der Waals surface area contributed by atoms with Crippen LogP contribution in [0.3, 0.4) is 0 Å². The van der Waals surface area contributed by atoms with Gasteiger partial charge in [0.25, 0.3) is 5.91 Å². The average Bonchev–Trinajstić information content (AvgIpc) is 3.02. The zero-order valence-electron chi connectivity index (χ0n) is 11.7. The van der Waals surface area contributed by atoms with Crippen LogP contribution in [0.1, 0.15) is 36.0 Å². The van der Waals surface area contributed by atoms with Crippen LogP contribution < -0.4 is 4.73 Å². The summed E-state index contributed by atoms with van der Waals surface area (Å²) in [5.74, 6) is 0.0386. The van der Waals surface area contributed by atoms with Gasteiger partial charge in [0.05, 0.1) is 5.56 Å². The maximum absolute atomic E-state index is 12.3. The molecule has 0 N–H and O–H groups in total. The molecule has 5 heteroatoms. The number of hydrogen-bond acceptors (Lipinski definition) is 3. The SMILES string of the molecule is O=C(c1cc[n+]([O-])cc1)N1CCN(C2CCCC2)CC1. The van der Waals surface area contributed by atoms with Crippen LogP contribution in [0, 0.1) is 5.21 Å². The molecule has 3 rings (SSSR count). The number of carbonyl (C=O) groups excluding carboxylic acids is 1. The molecule has 0 spiro atoms. The minimum atomic E-state index is 0.0386. The quantitative estimate of drug-likeness (QED) is 0.598. The molecule has 0 radical (unpaired) electrons. The van der Waals surface area contributed by atoms with E-state index in [1.54, 1.807) is 12.1 Å². The molecule has 2 heterocycles. The molecule has 0 unspecified atom stereocenters. The monoisotopic (exact) mass is 275 g/mol. The zero-order chi connectivity index (χ0) is 13.9. The number of piperazine rings is 1. The Morgan fingerprint density at radius 3 is 2.30 bits per heavy atom. The van der Waals surface area contributed by atoms with Crippen molar-refractivity contribution in [1.82, 2.24) is 9.80 Å². The van der Waals surface area contributed by atoms with E-state index in [-0.39, 0.29) is 5.91 Å². The van der Waals surface area contributed by atoms with Crippen molar-refractivity contribution in [2.45, 2.75) is 31.7 Å². The molecule has 1 aliphatic heterocycles. The fourth-order valence-corrected chi connectivity index (χ4v) is 3.30. The molecule has 20 heavy (non-hydrogen) atoms. The second kappa shape index (κ2) is 5.79. The van der Waals surface area contributed by atoms with E-state index in [1.807, 2.05) is 4.90 Å². The van der Waals surface area contributed by atoms with Gasteiger partial charge in [0.2, 0.25) is 0 Å². The summed E-state index contributed by atoms with van der Waals surface area (Å²) in [6, 6.07) is 3.93. The topological polar surface area (TPSA) is 50.5 Å². The maximum atomic E-state index is 12.3. The summed E-state index contributed by atoms with van der Waals surface area (Å²) in [7, 11) is 0. The van der Waals surface area contributed by atoms with Crippen molar-refractivity contribution >= 4 is 5.91 Å². The number of rotatable bonds is 2. The first-order chi connectivity index (χ1) is 9.74. The fraction of sp³-hybridized carbons (Fsp3) is 0.600. The molecule has 1 saturated carbocycles. The van der Waals surface area contributed by atoms with Crippen molar-refractivity contribution in [3.63, 3.8) is 0 Å². The Balaban J connectivity index is 1.57. The van der Waals surface area contributed by atoms with Gasteiger partial charge in [-0.3, -0.25) is 9.69 Å². The largest absolute Gasteiger partial charge is 0.619 e. The third kappa shape index (κ3) is 2.77. The summed E-state index contributed by atoms with van der Waals surface area (Å²) in [4.78, 5) is 16.8. The van der Waals surface area contributed by atoms with Crippen molar-refractivity contribution in [2.75, 3.05) is 26.2 Å². The van der Waals surface area contributed by atoms with Gasteiger partial charge in [0.15, 0.2) is 12.4 Å². The van der Waals surface area contributed by atoms with E-state index in [9.17, 15) is 10.0 Å². The Kier molecular flexibility index (Phi) is 3.87. The second-order valence-corrected chi connectivity index (χ2v) is 5.71. The van der Waals surface area contributed by atoms with Crippen LogP contribution in [0.15, 0.2) is 24.5 Å². The lowest BCUT2D eigenvalue weighted by Gasteiger charge is -2.38. The maximum Gasteiger partial charge on any atom is 0.254 e. The number of amides is 1. The van der Waals surface area contributed by atoms with Crippen LogP contribution in [-0.4, -0.2) is 47.9 Å². The van der Waals surface area contributed by atoms with Crippen molar-refractivity contribution < 1.29 is 9.52 Å². The first-order valence-corrected chi connectivity index (χ1v) is 7.46. The summed E-state index contributed by atoms with van der Waals surface area (Å²) < 4.78 is 0.703. The van der Waals surface area contributed by atoms with Gasteiger partial charge in [0.1, 0.15) is 0 Å². The third-order valence-electron chi connectivity index (χ3n) is 4.49. The van der Waals surface area contributed by atoms with Crippen molar-refractivity contribution in [3.05, 3.63) is 35.3 Å². The van der Waals surface area contributed by atoms with E-state index in [4.69, 9.17) is 0 Å². The molecule has 2 fully saturated rings. The Morgan fingerprint density at radius 1 is 1.10 bits per heavy atom. The van der Waals surface area contributed by atoms with Crippen molar-refractivity contribution in [1.29, 1.82) is 0 Å². The summed E-state index contributed by atoms with van der Waals surface area (Å²) >= 11 is 0. The van der Waals surface area contributed by atoms with E-state index in [1.165, 1.54) is 38.1 Å². The Bertz CT molecular complexity index is 461. The van der Waals surface area contributed by atoms with Crippen LogP contribution in [0.25, 0.3) is 0 Å². The van der Waals surface area contributed by atoms with E-state index < -0.39 is 0 Å². The smallest absolute Gasteiger partial charge is 0.254 e. The van der Waals surface area contributed by atoms with Crippen LogP contribution >= 0.6 is 0 Å². The number of aromatic nitrogens is 1. The molecule has 2 aliphatic rings. The molecule has 1 aliphatic carbocycles. The predicted molar refractivity (Wildman–Crippen MR) is 75.1 cm³/mol. The highest BCUT2D eigenvalue weighted by Gasteiger charge is 2.28. The molecule has 1 aromatic rings. The highest BCUT2D eigenvalue weighted by molar-refractivity contribution is 5.94. The molecule has 108 valence electrons. The minimum Gasteiger partial charge on any atom is -0.619 e. The number of carbonyl (C=O) groups is 1. The molecule has 5 nitrogen and oxygen atoms in total. The predicted octanol–water partition coefficient (Wildman–Crippen LogP) is 1.02. The van der Waals surface area contributed by atoms with Gasteiger partial charge in [-0.05, 0) is 12.8 Å². The van der Waals surface area contributed by atoms with Crippen molar-refractivity contribution in [2.24, 2.45) is 0 Å². The van der Waals surface area contributed by atoms with Crippen LogP contribution in [0.5, 0.6) is 0 Å². The lowest BCUT2D eigenvalue weighted by atomic mass is 10.1. The van der Waals surface area contributed by atoms with Gasteiger partial charge in [-0.2, -0.15) is 4.73 Å². The van der Waals surface area contributed by atoms with Crippen LogP contribution in [0.4, 0.5) is 0 Å². The van der Waals surface area contributed by atoms with Crippen LogP contribution in [-0.2, 0) is 0 Å². The van der Waals surface area contributed by atoms with Gasteiger partial charge in [-0.25, -0.2) is 0 Å². The summed E-state index contributed by atoms with van der Waals surface area (Å²) in [5, 5.41) is 11.0. The highest BCUT2D eigenvalue weighted by Crippen LogP contribution is 2.24. The second-order valence-electron chi connectivity index (χ2n) is 5.71. The van der Waals surface area contributed by atoms with E-state index in [0.717, 1.165) is 32.2 Å². The molecular formula is C15H21N3O2. The summed E-state index contributed by atoms with van der Waals surface area (Å²) in [5.41, 5.74) is 0.603. The molecule has 0 bridgehead atoms. The normalized spacial score (nSPS) is 21.3. The minimum absolute atomic E-state index is 0.0386. The summed E-state index contributed by atoms with van der Waals surface area (Å²) in [6.07, 6.45) is 8.09. The molecule has 1 amide bonds. The van der Waals surface area contributed by atoms with Gasteiger partial charge in [0, 0.05) is 44.4 Å². The first-order valence-electron chi connectivity index (χ1n) is 7.46. The molecular weight excluding hydrogens is 254 g/mol. The fourth-order valence-electron chi connectivity index (χ4n) is 3.30. The Hall–Kier alpha value is -1.62. The number of pyridine rings is 1. The number of hydrogen-bond donors (Lipinski definition) is 0. The van der Waals surface area contributed by atoms with Crippen LogP contribution in [0.2, 0.25) is 0 Å². The van der Waals surface area contributed by atoms with E-state index >= 15 is 0 Å². The third-order valence-corrected chi connectivity index (χ3v) is 4.49. The molecule has 0 aromatic carbocycles. The molecule has 1 aromatic heterocycles. The highest BCUT2D eigenvalue weighted by atomic mass is 16.5. The van der Waals surface area contributed by atoms with E-state index in [2.05, 4.69) is 4.90 Å². The van der Waals surface area contributed by atoms with Gasteiger partial charge in [-0.1, -0.05) is 12.8 Å². The average molecular weight is 275 g/mol. The first kappa shape index (κ1) is 13.4. The Morgan fingerprint density at radius 2 is 1.70 bits per heavy atom. The number of nitrogens with zero attached hydrogens (tertiary/aromatic N) is 3. The lowest BCUT2D eigenvalue weighted by Crippen LogP contribution is -2.51. The lowest BCUT2D eigenvalue weighted by molar-refractivity contribution is -0.605. The zero-order valence-corrected chi connectivity index (χ0v) is 11.7. The van der Waals surface area contributed by atoms with Gasteiger partial charge >= 0.3 is 0 Å². The Labute approximate surface area is 119 Å². The van der Waals surface area contributed by atoms with Crippen molar-refractivity contribution in [3.8, 4) is 0 Å². The van der Waals surface area contributed by atoms with Gasteiger partial charge in [-0.15, -0.1) is 0 Å². The molecule has 0 atom stereocenters. The summed E-state index contributed by atoms with van der Waals surface area (Å²) in [6.45, 7) is 3.54.